The van der Waals surface area contributed by atoms with Gasteiger partial charge in [-0.1, -0.05) is 13.8 Å². The molecule has 0 saturated heterocycles. The van der Waals surface area contributed by atoms with Gasteiger partial charge in [0.25, 0.3) is 5.91 Å². The molecule has 0 rings (SSSR count). The zero-order valence-electron chi connectivity index (χ0n) is 8.86. The lowest BCUT2D eigenvalue weighted by Crippen LogP contribution is -2.43. The van der Waals surface area contributed by atoms with Crippen molar-refractivity contribution in [2.45, 2.75) is 26.2 Å². The van der Waals surface area contributed by atoms with Crippen molar-refractivity contribution < 1.29 is 13.6 Å². The highest BCUT2D eigenvalue weighted by molar-refractivity contribution is 5.83. The maximum Gasteiger partial charge on any atom is 0.324 e. The highest BCUT2D eigenvalue weighted by Crippen LogP contribution is 2.23. The number of halogens is 2. The normalized spacial score (nSPS) is 11.9. The van der Waals surface area contributed by atoms with Gasteiger partial charge in [0, 0.05) is 19.5 Å². The number of alkyl halides is 2. The number of rotatable bonds is 6. The molecule has 3 nitrogen and oxygen atoms in total. The summed E-state index contributed by atoms with van der Waals surface area (Å²) in [7, 11) is 1.69. The van der Waals surface area contributed by atoms with Crippen molar-refractivity contribution in [1.29, 1.82) is 0 Å². The number of carbonyl (C=O) groups excluding carboxylic acids is 1. The molecule has 2 N–H and O–H groups in total. The van der Waals surface area contributed by atoms with Gasteiger partial charge in [-0.2, -0.15) is 8.78 Å². The standard InChI is InChI=1S/C9H18F2N2O/c1-7(2)6-9(10,11)8(14)13-5-4-12-3/h7,12H,4-6H2,1-3H3,(H,13,14). The second-order valence-electron chi connectivity index (χ2n) is 3.66. The van der Waals surface area contributed by atoms with Gasteiger partial charge in [0.05, 0.1) is 0 Å². The average Bonchev–Trinajstić information content (AvgIpc) is 2.02. The summed E-state index contributed by atoms with van der Waals surface area (Å²) in [5, 5.41) is 4.93. The van der Waals surface area contributed by atoms with Crippen LogP contribution in [0.15, 0.2) is 0 Å². The fraction of sp³-hybridized carbons (Fsp3) is 0.889. The highest BCUT2D eigenvalue weighted by Gasteiger charge is 2.38. The topological polar surface area (TPSA) is 41.1 Å². The fourth-order valence-corrected chi connectivity index (χ4v) is 1.04. The lowest BCUT2D eigenvalue weighted by Gasteiger charge is -2.17. The maximum atomic E-state index is 13.1. The van der Waals surface area contributed by atoms with Gasteiger partial charge in [0.15, 0.2) is 0 Å². The second kappa shape index (κ2) is 5.90. The minimum absolute atomic E-state index is 0.194. The van der Waals surface area contributed by atoms with E-state index in [0.29, 0.717) is 6.54 Å². The largest absolute Gasteiger partial charge is 0.350 e. The van der Waals surface area contributed by atoms with Gasteiger partial charge in [-0.15, -0.1) is 0 Å². The van der Waals surface area contributed by atoms with Crippen LogP contribution in [0.2, 0.25) is 0 Å². The number of amides is 1. The summed E-state index contributed by atoms with van der Waals surface area (Å²) in [6.45, 7) is 4.04. The minimum Gasteiger partial charge on any atom is -0.350 e. The molecular weight excluding hydrogens is 190 g/mol. The van der Waals surface area contributed by atoms with E-state index < -0.39 is 18.3 Å². The van der Waals surface area contributed by atoms with Crippen molar-refractivity contribution in [2.75, 3.05) is 20.1 Å². The van der Waals surface area contributed by atoms with Crippen LogP contribution in [0.3, 0.4) is 0 Å². The van der Waals surface area contributed by atoms with E-state index in [2.05, 4.69) is 10.6 Å². The van der Waals surface area contributed by atoms with Crippen LogP contribution in [0, 0.1) is 5.92 Å². The van der Waals surface area contributed by atoms with Crippen molar-refractivity contribution in [1.82, 2.24) is 10.6 Å². The maximum absolute atomic E-state index is 13.1. The summed E-state index contributed by atoms with van der Waals surface area (Å²) >= 11 is 0. The zero-order valence-corrected chi connectivity index (χ0v) is 8.86. The first-order valence-electron chi connectivity index (χ1n) is 4.71. The lowest BCUT2D eigenvalue weighted by molar-refractivity contribution is -0.147. The van der Waals surface area contributed by atoms with Crippen molar-refractivity contribution in [3.8, 4) is 0 Å². The summed E-state index contributed by atoms with van der Waals surface area (Å²) < 4.78 is 26.1. The van der Waals surface area contributed by atoms with Crippen LogP contribution < -0.4 is 10.6 Å². The highest BCUT2D eigenvalue weighted by atomic mass is 19.3. The monoisotopic (exact) mass is 208 g/mol. The van der Waals surface area contributed by atoms with Crippen LogP contribution in [0.5, 0.6) is 0 Å². The predicted molar refractivity (Wildman–Crippen MR) is 51.3 cm³/mol. The first kappa shape index (κ1) is 13.3. The van der Waals surface area contributed by atoms with Crippen LogP contribution in [-0.2, 0) is 4.79 Å². The van der Waals surface area contributed by atoms with Crippen LogP contribution in [-0.4, -0.2) is 32.0 Å². The molecule has 0 atom stereocenters. The smallest absolute Gasteiger partial charge is 0.324 e. The van der Waals surface area contributed by atoms with E-state index in [9.17, 15) is 13.6 Å². The summed E-state index contributed by atoms with van der Waals surface area (Å²) in [5.41, 5.74) is 0. The van der Waals surface area contributed by atoms with Gasteiger partial charge in [0.2, 0.25) is 0 Å². The van der Waals surface area contributed by atoms with E-state index in [-0.39, 0.29) is 12.5 Å². The molecule has 0 saturated carbocycles. The van der Waals surface area contributed by atoms with Gasteiger partial charge < -0.3 is 10.6 Å². The van der Waals surface area contributed by atoms with Crippen molar-refractivity contribution >= 4 is 5.91 Å². The Labute approximate surface area is 83.3 Å². The molecule has 0 aromatic carbocycles. The van der Waals surface area contributed by atoms with Crippen molar-refractivity contribution in [3.63, 3.8) is 0 Å². The quantitative estimate of drug-likeness (QED) is 0.639. The summed E-state index contributed by atoms with van der Waals surface area (Å²) in [6.07, 6.45) is -0.404. The van der Waals surface area contributed by atoms with E-state index in [4.69, 9.17) is 0 Å². The Morgan fingerprint density at radius 2 is 1.93 bits per heavy atom. The van der Waals surface area contributed by atoms with Gasteiger partial charge in [-0.3, -0.25) is 4.79 Å². The summed E-state index contributed by atoms with van der Waals surface area (Å²) in [6, 6.07) is 0. The first-order valence-corrected chi connectivity index (χ1v) is 4.71. The molecule has 0 heterocycles. The van der Waals surface area contributed by atoms with Crippen LogP contribution in [0.25, 0.3) is 0 Å². The Hall–Kier alpha value is -0.710. The molecule has 1 amide bonds. The van der Waals surface area contributed by atoms with E-state index in [1.165, 1.54) is 0 Å². The lowest BCUT2D eigenvalue weighted by atomic mass is 10.0. The van der Waals surface area contributed by atoms with E-state index >= 15 is 0 Å². The molecule has 5 heteroatoms. The molecule has 84 valence electrons. The Kier molecular flexibility index (Phi) is 5.60. The first-order chi connectivity index (χ1) is 6.40. The van der Waals surface area contributed by atoms with E-state index in [1.54, 1.807) is 20.9 Å². The van der Waals surface area contributed by atoms with Gasteiger partial charge in [-0.25, -0.2) is 0 Å². The Morgan fingerprint density at radius 3 is 2.36 bits per heavy atom. The molecule has 0 radical (unpaired) electrons. The molecule has 0 fully saturated rings. The zero-order chi connectivity index (χ0) is 11.2. The number of likely N-dealkylation sites (N-methyl/N-ethyl adjacent to an activating group) is 1. The molecule has 0 bridgehead atoms. The van der Waals surface area contributed by atoms with Crippen LogP contribution in [0.4, 0.5) is 8.78 Å². The molecule has 0 aliphatic heterocycles. The van der Waals surface area contributed by atoms with Gasteiger partial charge in [-0.05, 0) is 13.0 Å². The van der Waals surface area contributed by atoms with Crippen LogP contribution in [0.1, 0.15) is 20.3 Å². The molecule has 0 aromatic rings. The van der Waals surface area contributed by atoms with E-state index in [0.717, 1.165) is 0 Å². The Morgan fingerprint density at radius 1 is 1.36 bits per heavy atom. The number of hydrogen-bond acceptors (Lipinski definition) is 2. The molecule has 0 spiro atoms. The molecule has 0 aromatic heterocycles. The van der Waals surface area contributed by atoms with E-state index in [1.807, 2.05) is 0 Å². The van der Waals surface area contributed by atoms with Crippen LogP contribution >= 0.6 is 0 Å². The number of nitrogens with one attached hydrogen (secondary N) is 2. The molecule has 0 aliphatic rings. The Balaban J connectivity index is 3.95. The summed E-state index contributed by atoms with van der Waals surface area (Å²) in [4.78, 5) is 11.0. The van der Waals surface area contributed by atoms with Gasteiger partial charge >= 0.3 is 5.92 Å². The minimum atomic E-state index is -3.25. The fourth-order valence-electron chi connectivity index (χ4n) is 1.04. The Bertz CT molecular complexity index is 184. The predicted octanol–water partition coefficient (Wildman–Crippen LogP) is 1.00. The van der Waals surface area contributed by atoms with Crippen molar-refractivity contribution in [3.05, 3.63) is 0 Å². The van der Waals surface area contributed by atoms with Crippen molar-refractivity contribution in [2.24, 2.45) is 5.92 Å². The average molecular weight is 208 g/mol. The number of carbonyl (C=O) groups is 1. The number of hydrogen-bond donors (Lipinski definition) is 2. The molecule has 14 heavy (non-hydrogen) atoms. The van der Waals surface area contributed by atoms with Gasteiger partial charge in [0.1, 0.15) is 0 Å². The summed E-state index contributed by atoms with van der Waals surface area (Å²) in [5.74, 6) is -4.62. The molecule has 0 aliphatic carbocycles. The molecule has 0 unspecified atom stereocenters. The second-order valence-corrected chi connectivity index (χ2v) is 3.66. The third-order valence-corrected chi connectivity index (χ3v) is 1.66. The SMILES string of the molecule is CNCCNC(=O)C(F)(F)CC(C)C. The third-order valence-electron chi connectivity index (χ3n) is 1.66. The molecular formula is C9H18F2N2O. The third kappa shape index (κ3) is 5.11.